The summed E-state index contributed by atoms with van der Waals surface area (Å²) in [4.78, 5) is 23.3. The molecule has 0 saturated heterocycles. The third kappa shape index (κ3) is 3.77. The van der Waals surface area contributed by atoms with Gasteiger partial charge in [0.15, 0.2) is 0 Å². The Hall–Kier alpha value is -1.89. The minimum absolute atomic E-state index is 0.889. The molecule has 0 saturated carbocycles. The summed E-state index contributed by atoms with van der Waals surface area (Å²) in [7, 11) is 1.04. The first kappa shape index (κ1) is 13.1. The Kier molecular flexibility index (Phi) is 4.46. The molecule has 1 amide bonds. The summed E-state index contributed by atoms with van der Waals surface area (Å²) in [5, 5.41) is 3.61. The maximum absolute atomic E-state index is 12.6. The lowest BCUT2D eigenvalue weighted by Gasteiger charge is -2.14. The Morgan fingerprint density at radius 3 is 2.53 bits per heavy atom. The molecule has 0 aliphatic rings. The van der Waals surface area contributed by atoms with E-state index in [4.69, 9.17) is 5.53 Å². The first-order valence-corrected chi connectivity index (χ1v) is 3.68. The van der Waals surface area contributed by atoms with E-state index in [0.717, 1.165) is 14.0 Å². The van der Waals surface area contributed by atoms with Gasteiger partial charge in [0, 0.05) is 4.91 Å². The van der Waals surface area contributed by atoms with E-state index in [9.17, 15) is 18.4 Å². The van der Waals surface area contributed by atoms with E-state index in [1.165, 1.54) is 0 Å². The van der Waals surface area contributed by atoms with E-state index in [1.54, 1.807) is 10.2 Å². The van der Waals surface area contributed by atoms with Gasteiger partial charge in [-0.15, -0.1) is 0 Å². The molecule has 0 aliphatic heterocycles. The number of ether oxygens (including phenoxy) is 1. The molecule has 0 spiro atoms. The van der Waals surface area contributed by atoms with Crippen molar-refractivity contribution >= 4 is 11.9 Å². The number of carbonyl (C=O) groups excluding carboxylic acids is 2. The van der Waals surface area contributed by atoms with E-state index >= 15 is 0 Å². The molecule has 9 heteroatoms. The fraction of sp³-hybridized carbons (Fsp3) is 0.667. The maximum Gasteiger partial charge on any atom is 0.401 e. The quantitative estimate of drug-likeness (QED) is 0.247. The highest BCUT2D eigenvalue weighted by Crippen LogP contribution is 2.15. The number of hydrogen-bond donors (Lipinski definition) is 1. The summed E-state index contributed by atoms with van der Waals surface area (Å²) in [6.45, 7) is 1.15. The van der Waals surface area contributed by atoms with Crippen LogP contribution in [0.1, 0.15) is 6.92 Å². The van der Waals surface area contributed by atoms with Crippen molar-refractivity contribution in [2.45, 2.75) is 19.0 Å². The highest BCUT2D eigenvalue weighted by Gasteiger charge is 2.39. The molecule has 84 valence electrons. The number of methoxy groups -OCH3 is 1. The van der Waals surface area contributed by atoms with Crippen LogP contribution in [0, 0.1) is 0 Å². The van der Waals surface area contributed by atoms with Gasteiger partial charge in [-0.1, -0.05) is 0 Å². The fourth-order valence-electron chi connectivity index (χ4n) is 0.621. The van der Waals surface area contributed by atoms with E-state index in [2.05, 4.69) is 4.74 Å². The molecule has 0 heterocycles. The number of halogens is 2. The lowest BCUT2D eigenvalue weighted by Crippen LogP contribution is -2.46. The van der Waals surface area contributed by atoms with Crippen LogP contribution in [0.5, 0.6) is 0 Å². The minimum Gasteiger partial charge on any atom is -0.467 e. The number of nitrogens with zero attached hydrogens (tertiary/aromatic N) is 3. The van der Waals surface area contributed by atoms with Gasteiger partial charge in [0.2, 0.25) is 0 Å². The van der Waals surface area contributed by atoms with Crippen LogP contribution in [-0.4, -0.2) is 31.1 Å². The monoisotopic (exact) mass is 222 g/mol. The molecule has 0 rings (SSSR count). The van der Waals surface area contributed by atoms with Gasteiger partial charge >= 0.3 is 12.0 Å². The lowest BCUT2D eigenvalue weighted by molar-refractivity contribution is -0.151. The first-order chi connectivity index (χ1) is 6.85. The number of nitrogens with one attached hydrogen (secondary N) is 1. The standard InChI is InChI=1S/C6H8F2N4O3/c1-3(4(13)15-2)10-5(14)6(7,8)11-12-9/h3H,1-2H3,(H,10,14)/t3-/m0/s1. The fourth-order valence-corrected chi connectivity index (χ4v) is 0.621. The Labute approximate surface area is 83.0 Å². The molecule has 0 aromatic carbocycles. The SMILES string of the molecule is COC(=O)[C@H](C)NC(=O)C(F)(F)N=[N+]=[N-]. The molecular weight excluding hydrogens is 214 g/mol. The maximum atomic E-state index is 12.6. The van der Waals surface area contributed by atoms with Gasteiger partial charge in [0.1, 0.15) is 6.04 Å². The highest BCUT2D eigenvalue weighted by molar-refractivity contribution is 5.88. The predicted molar refractivity (Wildman–Crippen MR) is 43.7 cm³/mol. The van der Waals surface area contributed by atoms with Crippen molar-refractivity contribution < 1.29 is 23.1 Å². The molecule has 15 heavy (non-hydrogen) atoms. The smallest absolute Gasteiger partial charge is 0.401 e. The average Bonchev–Trinajstić information content (AvgIpc) is 2.16. The summed E-state index contributed by atoms with van der Waals surface area (Å²) >= 11 is 0. The number of carbonyl (C=O) groups is 2. The highest BCUT2D eigenvalue weighted by atomic mass is 19.3. The molecule has 1 N–H and O–H groups in total. The summed E-state index contributed by atoms with van der Waals surface area (Å²) < 4.78 is 29.3. The van der Waals surface area contributed by atoms with E-state index in [0.29, 0.717) is 0 Å². The number of amides is 1. The zero-order valence-corrected chi connectivity index (χ0v) is 7.90. The Balaban J connectivity index is 4.49. The van der Waals surface area contributed by atoms with E-state index in [-0.39, 0.29) is 0 Å². The molecule has 0 unspecified atom stereocenters. The summed E-state index contributed by atoms with van der Waals surface area (Å²) in [5.41, 5.74) is 7.75. The van der Waals surface area contributed by atoms with Gasteiger partial charge in [-0.2, -0.15) is 8.78 Å². The predicted octanol–water partition coefficient (Wildman–Crippen LogP) is 0.567. The van der Waals surface area contributed by atoms with Crippen molar-refractivity contribution in [2.24, 2.45) is 5.11 Å². The van der Waals surface area contributed by atoms with Crippen LogP contribution >= 0.6 is 0 Å². The summed E-state index contributed by atoms with van der Waals surface area (Å²) in [5.74, 6) is -2.75. The normalized spacial score (nSPS) is 12.3. The molecular formula is C6H8F2N4O3. The average molecular weight is 222 g/mol. The zero-order chi connectivity index (χ0) is 12.1. The molecule has 0 bridgehead atoms. The van der Waals surface area contributed by atoms with Gasteiger partial charge in [0.25, 0.3) is 5.91 Å². The number of azide groups is 1. The molecule has 0 fully saturated rings. The van der Waals surface area contributed by atoms with Gasteiger partial charge in [0.05, 0.1) is 7.11 Å². The van der Waals surface area contributed by atoms with Crippen LogP contribution in [0.25, 0.3) is 10.4 Å². The molecule has 0 aromatic rings. The van der Waals surface area contributed by atoms with Gasteiger partial charge in [-0.25, -0.2) is 4.79 Å². The Bertz CT molecular complexity index is 313. The zero-order valence-electron chi connectivity index (χ0n) is 7.90. The second kappa shape index (κ2) is 5.11. The van der Waals surface area contributed by atoms with Crippen molar-refractivity contribution in [3.63, 3.8) is 0 Å². The molecule has 0 aromatic heterocycles. The van der Waals surface area contributed by atoms with Crippen LogP contribution in [0.4, 0.5) is 8.78 Å². The second-order valence-corrected chi connectivity index (χ2v) is 2.45. The molecule has 7 nitrogen and oxygen atoms in total. The van der Waals surface area contributed by atoms with Crippen LogP contribution in [0.3, 0.4) is 0 Å². The van der Waals surface area contributed by atoms with Gasteiger partial charge in [-0.3, -0.25) is 4.79 Å². The number of rotatable bonds is 4. The first-order valence-electron chi connectivity index (χ1n) is 3.68. The number of esters is 1. The van der Waals surface area contributed by atoms with Crippen molar-refractivity contribution in [3.05, 3.63) is 10.4 Å². The van der Waals surface area contributed by atoms with Crippen LogP contribution in [0.2, 0.25) is 0 Å². The molecule has 0 radical (unpaired) electrons. The van der Waals surface area contributed by atoms with Gasteiger partial charge < -0.3 is 10.1 Å². The van der Waals surface area contributed by atoms with Crippen molar-refractivity contribution in [1.29, 1.82) is 0 Å². The third-order valence-corrected chi connectivity index (χ3v) is 1.35. The summed E-state index contributed by atoms with van der Waals surface area (Å²) in [6.07, 6.45) is 0. The van der Waals surface area contributed by atoms with Crippen LogP contribution < -0.4 is 5.32 Å². The van der Waals surface area contributed by atoms with Gasteiger partial charge in [-0.05, 0) is 17.6 Å². The molecule has 1 atom stereocenters. The Morgan fingerprint density at radius 2 is 2.13 bits per heavy atom. The topological polar surface area (TPSA) is 104 Å². The largest absolute Gasteiger partial charge is 0.467 e. The number of hydrogen-bond acceptors (Lipinski definition) is 4. The van der Waals surface area contributed by atoms with E-state index < -0.39 is 24.0 Å². The van der Waals surface area contributed by atoms with Crippen LogP contribution in [0.15, 0.2) is 5.11 Å². The summed E-state index contributed by atoms with van der Waals surface area (Å²) in [6, 6.07) is -5.47. The minimum atomic E-state index is -4.23. The Morgan fingerprint density at radius 1 is 1.60 bits per heavy atom. The second-order valence-electron chi connectivity index (χ2n) is 2.45. The van der Waals surface area contributed by atoms with Crippen molar-refractivity contribution in [2.75, 3.05) is 7.11 Å². The number of alkyl halides is 2. The molecule has 0 aliphatic carbocycles. The van der Waals surface area contributed by atoms with Crippen molar-refractivity contribution in [3.8, 4) is 0 Å². The van der Waals surface area contributed by atoms with E-state index in [1.807, 2.05) is 5.11 Å². The van der Waals surface area contributed by atoms with Crippen molar-refractivity contribution in [1.82, 2.24) is 5.32 Å². The van der Waals surface area contributed by atoms with Crippen LogP contribution in [-0.2, 0) is 14.3 Å². The third-order valence-electron chi connectivity index (χ3n) is 1.35. The lowest BCUT2D eigenvalue weighted by atomic mass is 10.3.